The van der Waals surface area contributed by atoms with Crippen LogP contribution in [0.2, 0.25) is 0 Å². The Balaban J connectivity index is 1.47. The van der Waals surface area contributed by atoms with Gasteiger partial charge in [-0.2, -0.15) is 0 Å². The van der Waals surface area contributed by atoms with Crippen molar-refractivity contribution in [1.82, 2.24) is 5.32 Å². The van der Waals surface area contributed by atoms with Gasteiger partial charge >= 0.3 is 0 Å². The molecule has 0 spiro atoms. The Morgan fingerprint density at radius 3 is 2.26 bits per heavy atom. The lowest BCUT2D eigenvalue weighted by Gasteiger charge is -2.25. The van der Waals surface area contributed by atoms with Crippen molar-refractivity contribution in [3.05, 3.63) is 30.3 Å². The lowest BCUT2D eigenvalue weighted by atomic mass is 10.1. The summed E-state index contributed by atoms with van der Waals surface area (Å²) in [5.41, 5.74) is 1.35. The Morgan fingerprint density at radius 1 is 1.11 bits per heavy atom. The van der Waals surface area contributed by atoms with Crippen molar-refractivity contribution >= 4 is 5.69 Å². The summed E-state index contributed by atoms with van der Waals surface area (Å²) in [4.78, 5) is 2.46. The van der Waals surface area contributed by atoms with Crippen LogP contribution in [0.25, 0.3) is 0 Å². The first kappa shape index (κ1) is 13.0. The number of para-hydroxylation sites is 1. The smallest absolute Gasteiger partial charge is 0.0366 e. The topological polar surface area (TPSA) is 15.3 Å². The predicted molar refractivity (Wildman–Crippen MR) is 81.6 cm³/mol. The highest BCUT2D eigenvalue weighted by Crippen LogP contribution is 2.44. The first-order chi connectivity index (χ1) is 9.38. The number of nitrogens with one attached hydrogen (secondary N) is 1. The van der Waals surface area contributed by atoms with Crippen LogP contribution in [0.5, 0.6) is 0 Å². The molecule has 2 nitrogen and oxygen atoms in total. The lowest BCUT2D eigenvalue weighted by molar-refractivity contribution is 0.420. The second kappa shape index (κ2) is 5.96. The number of hydrogen-bond acceptors (Lipinski definition) is 2. The van der Waals surface area contributed by atoms with Crippen LogP contribution in [0.1, 0.15) is 32.6 Å². The first-order valence-corrected chi connectivity index (χ1v) is 7.92. The Kier molecular flexibility index (Phi) is 4.07. The van der Waals surface area contributed by atoms with Gasteiger partial charge in [0.2, 0.25) is 0 Å². The fourth-order valence-electron chi connectivity index (χ4n) is 3.10. The molecule has 3 rings (SSSR count). The van der Waals surface area contributed by atoms with Gasteiger partial charge in [0.1, 0.15) is 0 Å². The van der Waals surface area contributed by atoms with Crippen molar-refractivity contribution in [1.29, 1.82) is 0 Å². The fraction of sp³-hybridized carbons (Fsp3) is 0.647. The van der Waals surface area contributed by atoms with Gasteiger partial charge in [0.15, 0.2) is 0 Å². The highest BCUT2D eigenvalue weighted by atomic mass is 15.1. The third kappa shape index (κ3) is 3.50. The highest BCUT2D eigenvalue weighted by molar-refractivity contribution is 5.45. The number of likely N-dealkylation sites (N-methyl/N-ethyl adjacent to an activating group) is 1. The van der Waals surface area contributed by atoms with E-state index in [1.807, 2.05) is 0 Å². The van der Waals surface area contributed by atoms with E-state index in [2.05, 4.69) is 47.5 Å². The molecule has 0 heterocycles. The molecule has 0 bridgehead atoms. The number of benzene rings is 1. The van der Waals surface area contributed by atoms with E-state index in [1.165, 1.54) is 31.4 Å². The zero-order valence-corrected chi connectivity index (χ0v) is 12.0. The Bertz CT molecular complexity index is 370. The summed E-state index contributed by atoms with van der Waals surface area (Å²) < 4.78 is 0. The normalized spacial score (nSPS) is 18.8. The standard InChI is InChI=1S/C17H26N2/c1-2-19(16-6-4-3-5-7-16)13-12-18-17(14-8-9-14)15-10-11-15/h3-7,14-15,17-18H,2,8-13H2,1H3. The quantitative estimate of drug-likeness (QED) is 0.769. The van der Waals surface area contributed by atoms with Crippen LogP contribution in [0, 0.1) is 11.8 Å². The largest absolute Gasteiger partial charge is 0.371 e. The minimum absolute atomic E-state index is 0.828. The average molecular weight is 258 g/mol. The van der Waals surface area contributed by atoms with Gasteiger partial charge in [-0.05, 0) is 56.6 Å². The molecule has 2 aliphatic rings. The molecule has 0 atom stereocenters. The molecule has 0 amide bonds. The van der Waals surface area contributed by atoms with Crippen LogP contribution in [-0.4, -0.2) is 25.7 Å². The van der Waals surface area contributed by atoms with Crippen LogP contribution in [0.4, 0.5) is 5.69 Å². The lowest BCUT2D eigenvalue weighted by Crippen LogP contribution is -2.39. The third-order valence-electron chi connectivity index (χ3n) is 4.52. The molecule has 2 aliphatic carbocycles. The SMILES string of the molecule is CCN(CCNC(C1CC1)C1CC1)c1ccccc1. The molecule has 0 aromatic heterocycles. The summed E-state index contributed by atoms with van der Waals surface area (Å²) in [6.07, 6.45) is 5.85. The van der Waals surface area contributed by atoms with E-state index in [0.717, 1.165) is 37.5 Å². The van der Waals surface area contributed by atoms with Gasteiger partial charge < -0.3 is 10.2 Å². The van der Waals surface area contributed by atoms with E-state index in [-0.39, 0.29) is 0 Å². The van der Waals surface area contributed by atoms with Crippen molar-refractivity contribution < 1.29 is 0 Å². The van der Waals surface area contributed by atoms with Gasteiger partial charge in [-0.15, -0.1) is 0 Å². The number of hydrogen-bond donors (Lipinski definition) is 1. The van der Waals surface area contributed by atoms with E-state index >= 15 is 0 Å². The van der Waals surface area contributed by atoms with Crippen LogP contribution in [0.15, 0.2) is 30.3 Å². The molecular formula is C17H26N2. The summed E-state index contributed by atoms with van der Waals surface area (Å²) in [5.74, 6) is 2.00. The number of rotatable bonds is 8. The van der Waals surface area contributed by atoms with Crippen LogP contribution < -0.4 is 10.2 Å². The Hall–Kier alpha value is -1.02. The molecule has 19 heavy (non-hydrogen) atoms. The molecule has 0 radical (unpaired) electrons. The van der Waals surface area contributed by atoms with E-state index in [1.54, 1.807) is 0 Å². The molecule has 1 aromatic carbocycles. The van der Waals surface area contributed by atoms with Gasteiger partial charge in [-0.3, -0.25) is 0 Å². The monoisotopic (exact) mass is 258 g/mol. The summed E-state index contributed by atoms with van der Waals surface area (Å²) >= 11 is 0. The number of nitrogens with zero attached hydrogens (tertiary/aromatic N) is 1. The summed E-state index contributed by atoms with van der Waals surface area (Å²) in [6, 6.07) is 11.6. The summed E-state index contributed by atoms with van der Waals surface area (Å²) in [7, 11) is 0. The van der Waals surface area contributed by atoms with Crippen molar-refractivity contribution in [3.63, 3.8) is 0 Å². The van der Waals surface area contributed by atoms with Crippen molar-refractivity contribution in [3.8, 4) is 0 Å². The van der Waals surface area contributed by atoms with Crippen molar-refractivity contribution in [2.45, 2.75) is 38.6 Å². The molecule has 2 fully saturated rings. The predicted octanol–water partition coefficient (Wildman–Crippen LogP) is 3.29. The third-order valence-corrected chi connectivity index (χ3v) is 4.52. The van der Waals surface area contributed by atoms with Crippen LogP contribution in [-0.2, 0) is 0 Å². The van der Waals surface area contributed by atoms with Crippen LogP contribution in [0.3, 0.4) is 0 Å². The maximum absolute atomic E-state index is 3.84. The molecular weight excluding hydrogens is 232 g/mol. The molecule has 104 valence electrons. The fourth-order valence-corrected chi connectivity index (χ4v) is 3.10. The second-order valence-electron chi connectivity index (χ2n) is 6.07. The first-order valence-electron chi connectivity index (χ1n) is 7.92. The molecule has 2 saturated carbocycles. The average Bonchev–Trinajstić information content (AvgIpc) is 3.33. The molecule has 0 aliphatic heterocycles. The molecule has 0 saturated heterocycles. The van der Waals surface area contributed by atoms with Crippen molar-refractivity contribution in [2.75, 3.05) is 24.5 Å². The molecule has 2 heteroatoms. The zero-order valence-electron chi connectivity index (χ0n) is 12.0. The summed E-state index contributed by atoms with van der Waals surface area (Å²) in [5, 5.41) is 3.84. The van der Waals surface area contributed by atoms with Crippen molar-refractivity contribution in [2.24, 2.45) is 11.8 Å². The van der Waals surface area contributed by atoms with E-state index in [0.29, 0.717) is 0 Å². The maximum atomic E-state index is 3.84. The van der Waals surface area contributed by atoms with E-state index in [4.69, 9.17) is 0 Å². The van der Waals surface area contributed by atoms with Gasteiger partial charge in [-0.1, -0.05) is 18.2 Å². The Morgan fingerprint density at radius 2 is 1.74 bits per heavy atom. The van der Waals surface area contributed by atoms with Crippen LogP contribution >= 0.6 is 0 Å². The summed E-state index contributed by atoms with van der Waals surface area (Å²) in [6.45, 7) is 5.58. The van der Waals surface area contributed by atoms with Gasteiger partial charge in [0.05, 0.1) is 0 Å². The number of anilines is 1. The minimum Gasteiger partial charge on any atom is -0.371 e. The zero-order chi connectivity index (χ0) is 13.1. The maximum Gasteiger partial charge on any atom is 0.0366 e. The van der Waals surface area contributed by atoms with Gasteiger partial charge in [-0.25, -0.2) is 0 Å². The molecule has 1 aromatic rings. The highest BCUT2D eigenvalue weighted by Gasteiger charge is 2.40. The van der Waals surface area contributed by atoms with Gasteiger partial charge in [0.25, 0.3) is 0 Å². The van der Waals surface area contributed by atoms with Gasteiger partial charge in [0, 0.05) is 31.4 Å². The van der Waals surface area contributed by atoms with E-state index < -0.39 is 0 Å². The Labute approximate surface area is 117 Å². The minimum atomic E-state index is 0.828. The molecule has 1 N–H and O–H groups in total. The molecule has 0 unspecified atom stereocenters. The van der Waals surface area contributed by atoms with E-state index in [9.17, 15) is 0 Å². The second-order valence-corrected chi connectivity index (χ2v) is 6.07.